The summed E-state index contributed by atoms with van der Waals surface area (Å²) in [4.78, 5) is 10.9. The third-order valence-electron chi connectivity index (χ3n) is 5.40. The summed E-state index contributed by atoms with van der Waals surface area (Å²) in [7, 11) is 0. The van der Waals surface area contributed by atoms with Crippen LogP contribution in [0.5, 0.6) is 0 Å². The molecule has 0 aromatic rings. The minimum absolute atomic E-state index is 0.0112. The van der Waals surface area contributed by atoms with Gasteiger partial charge in [-0.15, -0.1) is 0 Å². The molecule has 0 bridgehead atoms. The zero-order valence-electron chi connectivity index (χ0n) is 16.6. The van der Waals surface area contributed by atoms with E-state index in [0.717, 1.165) is 0 Å². The summed E-state index contributed by atoms with van der Waals surface area (Å²) < 4.78 is 5.59. The van der Waals surface area contributed by atoms with E-state index in [0.29, 0.717) is 0 Å². The minimum atomic E-state index is -1.66. The molecule has 0 aliphatic carbocycles. The molecule has 7 heteroatoms. The highest BCUT2D eigenvalue weighted by atomic mass is 127. The van der Waals surface area contributed by atoms with Gasteiger partial charge in [0, 0.05) is 24.2 Å². The van der Waals surface area contributed by atoms with Gasteiger partial charge in [0.25, 0.3) is 0 Å². The average Bonchev–Trinajstić information content (AvgIpc) is 2.60. The van der Waals surface area contributed by atoms with Gasteiger partial charge in [0.1, 0.15) is 0 Å². The van der Waals surface area contributed by atoms with Crippen molar-refractivity contribution in [3.8, 4) is 0 Å². The number of carbonyl (C=O) groups is 1. The molecule has 1 aliphatic rings. The van der Waals surface area contributed by atoms with Crippen LogP contribution in [0, 0.1) is 17.8 Å². The highest BCUT2D eigenvalue weighted by molar-refractivity contribution is 14.1. The minimum Gasteiger partial charge on any atom is -0.392 e. The van der Waals surface area contributed by atoms with Gasteiger partial charge in [-0.25, -0.2) is 0 Å². The van der Waals surface area contributed by atoms with Crippen molar-refractivity contribution in [3.63, 3.8) is 0 Å². The van der Waals surface area contributed by atoms with Gasteiger partial charge in [-0.3, -0.25) is 4.79 Å². The van der Waals surface area contributed by atoms with E-state index in [-0.39, 0.29) is 28.2 Å². The van der Waals surface area contributed by atoms with Crippen molar-refractivity contribution in [3.05, 3.63) is 24.3 Å². The lowest BCUT2D eigenvalue weighted by molar-refractivity contribution is -0.303. The van der Waals surface area contributed by atoms with Crippen molar-refractivity contribution in [2.75, 3.05) is 0 Å². The van der Waals surface area contributed by atoms with E-state index in [1.807, 2.05) is 6.92 Å². The molecule has 0 saturated carbocycles. The van der Waals surface area contributed by atoms with Crippen LogP contribution in [0.2, 0.25) is 0 Å². The largest absolute Gasteiger partial charge is 0.392 e. The maximum atomic E-state index is 10.9. The Balaban J connectivity index is 2.78. The van der Waals surface area contributed by atoms with Crippen molar-refractivity contribution in [1.82, 2.24) is 0 Å². The molecular weight excluding hydrogens is 463 g/mol. The number of halogens is 1. The topological polar surface area (TPSA) is 107 Å². The summed E-state index contributed by atoms with van der Waals surface area (Å²) in [5, 5.41) is 42.4. The standard InChI is InChI=1S/C20H33IO6/c1-11(8-6-7-9-12(2)22)18(24)13(3)19(25)14(4)20(26)10-16(23)17(21)15(5)27-20/h6-9,11,13-19,23-26H,10H2,1-5H3/b8-6+,9-7+/t11-,13?,14-,15?,16?,17+,18?,19+,20+/m0/s1. The number of ether oxygens (including phenoxy) is 1. The van der Waals surface area contributed by atoms with E-state index in [1.54, 1.807) is 39.0 Å². The first kappa shape index (κ1) is 24.7. The summed E-state index contributed by atoms with van der Waals surface area (Å²) in [5.74, 6) is -3.21. The average molecular weight is 496 g/mol. The number of hydrogen-bond acceptors (Lipinski definition) is 6. The van der Waals surface area contributed by atoms with E-state index in [9.17, 15) is 25.2 Å². The molecule has 1 heterocycles. The summed E-state index contributed by atoms with van der Waals surface area (Å²) >= 11 is 2.10. The van der Waals surface area contributed by atoms with Gasteiger partial charge < -0.3 is 25.2 Å². The van der Waals surface area contributed by atoms with E-state index < -0.39 is 35.9 Å². The van der Waals surface area contributed by atoms with Crippen molar-refractivity contribution >= 4 is 28.4 Å². The van der Waals surface area contributed by atoms with Gasteiger partial charge in [0.15, 0.2) is 11.6 Å². The maximum Gasteiger partial charge on any atom is 0.173 e. The molecule has 1 saturated heterocycles. The van der Waals surface area contributed by atoms with E-state index in [2.05, 4.69) is 22.6 Å². The lowest BCUT2D eigenvalue weighted by Crippen LogP contribution is -2.58. The SMILES string of the molecule is CC(=O)/C=C/C=C/[C@H](C)C(O)C(C)[C@@H](O)[C@H](C)[C@@]1(O)CC(O)[C@H](I)C(C)O1. The van der Waals surface area contributed by atoms with Crippen LogP contribution in [0.3, 0.4) is 0 Å². The predicted molar refractivity (Wildman–Crippen MR) is 112 cm³/mol. The second kappa shape index (κ2) is 10.5. The number of hydrogen-bond donors (Lipinski definition) is 4. The van der Waals surface area contributed by atoms with Gasteiger partial charge in [0.05, 0.1) is 28.3 Å². The zero-order valence-corrected chi connectivity index (χ0v) is 18.8. The Morgan fingerprint density at radius 2 is 1.81 bits per heavy atom. The molecule has 0 spiro atoms. The normalized spacial score (nSPS) is 35.1. The van der Waals surface area contributed by atoms with Gasteiger partial charge in [-0.2, -0.15) is 0 Å². The molecule has 0 amide bonds. The number of aliphatic hydroxyl groups excluding tert-OH is 3. The molecule has 6 nitrogen and oxygen atoms in total. The number of ketones is 1. The van der Waals surface area contributed by atoms with Crippen LogP contribution in [-0.4, -0.2) is 60.3 Å². The van der Waals surface area contributed by atoms with Crippen molar-refractivity contribution in [2.45, 2.75) is 75.2 Å². The smallest absolute Gasteiger partial charge is 0.173 e. The molecule has 27 heavy (non-hydrogen) atoms. The summed E-state index contributed by atoms with van der Waals surface area (Å²) in [6, 6.07) is 0. The quantitative estimate of drug-likeness (QED) is 0.177. The van der Waals surface area contributed by atoms with E-state index >= 15 is 0 Å². The molecule has 0 aromatic carbocycles. The Morgan fingerprint density at radius 1 is 1.22 bits per heavy atom. The second-order valence-corrected chi connectivity index (χ2v) is 9.16. The molecule has 0 aromatic heterocycles. The van der Waals surface area contributed by atoms with Crippen LogP contribution < -0.4 is 0 Å². The van der Waals surface area contributed by atoms with Crippen LogP contribution in [-0.2, 0) is 9.53 Å². The first-order valence-corrected chi connectivity index (χ1v) is 10.6. The number of carbonyl (C=O) groups excluding carboxylic acids is 1. The zero-order chi connectivity index (χ0) is 20.9. The molecule has 1 rings (SSSR count). The molecule has 9 atom stereocenters. The highest BCUT2D eigenvalue weighted by Crippen LogP contribution is 2.39. The van der Waals surface area contributed by atoms with Crippen molar-refractivity contribution in [2.24, 2.45) is 17.8 Å². The number of aliphatic hydroxyl groups is 4. The molecule has 1 fully saturated rings. The van der Waals surface area contributed by atoms with Gasteiger partial charge in [0.2, 0.25) is 0 Å². The number of alkyl halides is 1. The Kier molecular flexibility index (Phi) is 9.57. The summed E-state index contributed by atoms with van der Waals surface area (Å²) in [6.07, 6.45) is 3.53. The van der Waals surface area contributed by atoms with Crippen molar-refractivity contribution in [1.29, 1.82) is 0 Å². The van der Waals surface area contributed by atoms with E-state index in [1.165, 1.54) is 13.0 Å². The van der Waals surface area contributed by atoms with E-state index in [4.69, 9.17) is 4.74 Å². The van der Waals surface area contributed by atoms with Crippen molar-refractivity contribution < 1.29 is 30.0 Å². The molecule has 4 unspecified atom stereocenters. The van der Waals surface area contributed by atoms with Crippen LogP contribution in [0.4, 0.5) is 0 Å². The fourth-order valence-corrected chi connectivity index (χ4v) is 3.80. The second-order valence-electron chi connectivity index (χ2n) is 7.73. The Labute approximate surface area is 175 Å². The molecule has 0 radical (unpaired) electrons. The van der Waals surface area contributed by atoms with Crippen LogP contribution in [0.15, 0.2) is 24.3 Å². The molecular formula is C20H33IO6. The third kappa shape index (κ3) is 6.61. The fourth-order valence-electron chi connectivity index (χ4n) is 3.40. The molecule has 1 aliphatic heterocycles. The first-order chi connectivity index (χ1) is 12.4. The van der Waals surface area contributed by atoms with Gasteiger partial charge >= 0.3 is 0 Å². The lowest BCUT2D eigenvalue weighted by Gasteiger charge is -2.46. The lowest BCUT2D eigenvalue weighted by atomic mass is 9.78. The van der Waals surface area contributed by atoms with Gasteiger partial charge in [-0.1, -0.05) is 61.6 Å². The molecule has 156 valence electrons. The Morgan fingerprint density at radius 3 is 2.33 bits per heavy atom. The van der Waals surface area contributed by atoms with Crippen LogP contribution in [0.1, 0.15) is 41.0 Å². The predicted octanol–water partition coefficient (Wildman–Crippen LogP) is 1.98. The third-order valence-corrected chi connectivity index (χ3v) is 7.25. The van der Waals surface area contributed by atoms with Crippen LogP contribution >= 0.6 is 22.6 Å². The maximum absolute atomic E-state index is 10.9. The number of allylic oxidation sites excluding steroid dienone is 3. The Bertz CT molecular complexity index is 537. The molecule has 4 N–H and O–H groups in total. The van der Waals surface area contributed by atoms with Gasteiger partial charge in [-0.05, 0) is 19.9 Å². The monoisotopic (exact) mass is 496 g/mol. The Hall–Kier alpha value is -0.320. The van der Waals surface area contributed by atoms with Crippen LogP contribution in [0.25, 0.3) is 0 Å². The fraction of sp³-hybridized carbons (Fsp3) is 0.750. The first-order valence-electron chi connectivity index (χ1n) is 9.34. The highest BCUT2D eigenvalue weighted by Gasteiger charge is 2.49. The number of rotatable bonds is 8. The summed E-state index contributed by atoms with van der Waals surface area (Å²) in [6.45, 7) is 8.43. The summed E-state index contributed by atoms with van der Waals surface area (Å²) in [5.41, 5.74) is 0.